The molecule has 4 heteroatoms. The van der Waals surface area contributed by atoms with Gasteiger partial charge in [0.2, 0.25) is 5.91 Å². The molecule has 1 aliphatic rings. The lowest BCUT2D eigenvalue weighted by molar-refractivity contribution is -0.132. The molecule has 0 bridgehead atoms. The molecule has 4 nitrogen and oxygen atoms in total. The minimum atomic E-state index is -0.421. The number of nitrogens with two attached hydrogens (primary N) is 1. The molecule has 76 valence electrons. The Bertz CT molecular complexity index is 182. The molecule has 0 saturated carbocycles. The van der Waals surface area contributed by atoms with Crippen molar-refractivity contribution in [1.82, 2.24) is 4.90 Å². The molecule has 3 N–H and O–H groups in total. The Balaban J connectivity index is 2.46. The van der Waals surface area contributed by atoms with Gasteiger partial charge in [-0.25, -0.2) is 0 Å². The van der Waals surface area contributed by atoms with E-state index in [1.54, 1.807) is 11.8 Å². The zero-order chi connectivity index (χ0) is 9.84. The molecule has 1 aliphatic heterocycles. The summed E-state index contributed by atoms with van der Waals surface area (Å²) in [5, 5.41) is 9.36. The van der Waals surface area contributed by atoms with Gasteiger partial charge in [0.25, 0.3) is 0 Å². The maximum absolute atomic E-state index is 11.5. The van der Waals surface area contributed by atoms with Gasteiger partial charge in [-0.1, -0.05) is 0 Å². The van der Waals surface area contributed by atoms with E-state index in [1.807, 2.05) is 0 Å². The third-order valence-electron chi connectivity index (χ3n) is 2.40. The normalized spacial score (nSPS) is 26.7. The van der Waals surface area contributed by atoms with Crippen LogP contribution in [0.15, 0.2) is 0 Å². The molecule has 1 amide bonds. The van der Waals surface area contributed by atoms with E-state index in [4.69, 9.17) is 5.73 Å². The summed E-state index contributed by atoms with van der Waals surface area (Å²) < 4.78 is 0. The van der Waals surface area contributed by atoms with Gasteiger partial charge in [0, 0.05) is 13.1 Å². The Labute approximate surface area is 78.7 Å². The molecule has 2 unspecified atom stereocenters. The third-order valence-corrected chi connectivity index (χ3v) is 2.40. The van der Waals surface area contributed by atoms with E-state index >= 15 is 0 Å². The fourth-order valence-electron chi connectivity index (χ4n) is 1.59. The van der Waals surface area contributed by atoms with E-state index in [-0.39, 0.29) is 12.0 Å². The van der Waals surface area contributed by atoms with Gasteiger partial charge in [-0.3, -0.25) is 4.79 Å². The Morgan fingerprint density at radius 2 is 2.23 bits per heavy atom. The van der Waals surface area contributed by atoms with E-state index in [0.29, 0.717) is 13.0 Å². The number of aliphatic hydroxyl groups is 1. The van der Waals surface area contributed by atoms with Crippen LogP contribution < -0.4 is 5.73 Å². The van der Waals surface area contributed by atoms with E-state index in [1.165, 1.54) is 0 Å². The molecule has 0 radical (unpaired) electrons. The van der Waals surface area contributed by atoms with Crippen LogP contribution in [0, 0.1) is 0 Å². The predicted molar refractivity (Wildman–Crippen MR) is 50.1 cm³/mol. The van der Waals surface area contributed by atoms with Crippen molar-refractivity contribution >= 4 is 5.91 Å². The van der Waals surface area contributed by atoms with Crippen LogP contribution in [-0.4, -0.2) is 41.1 Å². The summed E-state index contributed by atoms with van der Waals surface area (Å²) in [6.07, 6.45) is 2.10. The SMILES string of the molecule is CC(N)C(=O)N1CCCC(O)CC1. The maximum atomic E-state index is 11.5. The predicted octanol–water partition coefficient (Wildman–Crippen LogP) is -0.293. The highest BCUT2D eigenvalue weighted by atomic mass is 16.3. The molecule has 1 fully saturated rings. The molecular weight excluding hydrogens is 168 g/mol. The first kappa shape index (κ1) is 10.5. The average Bonchev–Trinajstić information content (AvgIpc) is 2.28. The summed E-state index contributed by atoms with van der Waals surface area (Å²) in [4.78, 5) is 13.2. The topological polar surface area (TPSA) is 66.6 Å². The number of carbonyl (C=O) groups is 1. The smallest absolute Gasteiger partial charge is 0.239 e. The molecule has 0 aromatic rings. The zero-order valence-corrected chi connectivity index (χ0v) is 8.07. The molecular formula is C9H18N2O2. The van der Waals surface area contributed by atoms with Crippen LogP contribution >= 0.6 is 0 Å². The second-order valence-electron chi connectivity index (χ2n) is 3.70. The van der Waals surface area contributed by atoms with Crippen molar-refractivity contribution in [3.05, 3.63) is 0 Å². The van der Waals surface area contributed by atoms with Crippen molar-refractivity contribution in [3.8, 4) is 0 Å². The van der Waals surface area contributed by atoms with Crippen LogP contribution in [0.3, 0.4) is 0 Å². The highest BCUT2D eigenvalue weighted by molar-refractivity contribution is 5.81. The lowest BCUT2D eigenvalue weighted by atomic mass is 10.2. The number of aliphatic hydroxyl groups excluding tert-OH is 1. The van der Waals surface area contributed by atoms with Crippen LogP contribution in [0.2, 0.25) is 0 Å². The molecule has 0 spiro atoms. The third kappa shape index (κ3) is 2.97. The van der Waals surface area contributed by atoms with Crippen LogP contribution in [0.1, 0.15) is 26.2 Å². The quantitative estimate of drug-likeness (QED) is 0.591. The Hall–Kier alpha value is -0.610. The fraction of sp³-hybridized carbons (Fsp3) is 0.889. The van der Waals surface area contributed by atoms with Crippen LogP contribution in [0.5, 0.6) is 0 Å². The highest BCUT2D eigenvalue weighted by Gasteiger charge is 2.20. The van der Waals surface area contributed by atoms with Gasteiger partial charge in [0.1, 0.15) is 0 Å². The molecule has 0 aromatic heterocycles. The summed E-state index contributed by atoms with van der Waals surface area (Å²) in [7, 11) is 0. The number of nitrogens with zero attached hydrogens (tertiary/aromatic N) is 1. The number of likely N-dealkylation sites (tertiary alicyclic amines) is 1. The molecule has 2 atom stereocenters. The van der Waals surface area contributed by atoms with Gasteiger partial charge in [-0.05, 0) is 26.2 Å². The minimum absolute atomic E-state index is 0.00546. The average molecular weight is 186 g/mol. The molecule has 0 aromatic carbocycles. The number of rotatable bonds is 1. The van der Waals surface area contributed by atoms with Crippen molar-refractivity contribution in [2.24, 2.45) is 5.73 Å². The first-order valence-corrected chi connectivity index (χ1v) is 4.83. The van der Waals surface area contributed by atoms with E-state index < -0.39 is 6.04 Å². The summed E-state index contributed by atoms with van der Waals surface area (Å²) in [5.41, 5.74) is 5.50. The summed E-state index contributed by atoms with van der Waals surface area (Å²) in [6, 6.07) is -0.421. The largest absolute Gasteiger partial charge is 0.393 e. The molecule has 1 rings (SSSR count). The van der Waals surface area contributed by atoms with Crippen molar-refractivity contribution in [1.29, 1.82) is 0 Å². The van der Waals surface area contributed by atoms with E-state index in [0.717, 1.165) is 19.4 Å². The van der Waals surface area contributed by atoms with Crippen LogP contribution in [-0.2, 0) is 4.79 Å². The number of amides is 1. The second-order valence-corrected chi connectivity index (χ2v) is 3.70. The van der Waals surface area contributed by atoms with Gasteiger partial charge in [-0.15, -0.1) is 0 Å². The molecule has 1 heterocycles. The molecule has 0 aliphatic carbocycles. The van der Waals surface area contributed by atoms with E-state index in [2.05, 4.69) is 0 Å². The van der Waals surface area contributed by atoms with Crippen molar-refractivity contribution < 1.29 is 9.90 Å². The summed E-state index contributed by atoms with van der Waals surface area (Å²) in [5.74, 6) is -0.00546. The molecule has 13 heavy (non-hydrogen) atoms. The van der Waals surface area contributed by atoms with Gasteiger partial charge >= 0.3 is 0 Å². The minimum Gasteiger partial charge on any atom is -0.393 e. The number of carbonyl (C=O) groups excluding carboxylic acids is 1. The van der Waals surface area contributed by atoms with Crippen LogP contribution in [0.4, 0.5) is 0 Å². The van der Waals surface area contributed by atoms with Crippen molar-refractivity contribution in [3.63, 3.8) is 0 Å². The van der Waals surface area contributed by atoms with Crippen molar-refractivity contribution in [2.75, 3.05) is 13.1 Å². The maximum Gasteiger partial charge on any atom is 0.239 e. The lowest BCUT2D eigenvalue weighted by Gasteiger charge is -2.22. The highest BCUT2D eigenvalue weighted by Crippen LogP contribution is 2.11. The zero-order valence-electron chi connectivity index (χ0n) is 8.07. The van der Waals surface area contributed by atoms with Gasteiger partial charge < -0.3 is 15.7 Å². The first-order valence-electron chi connectivity index (χ1n) is 4.83. The van der Waals surface area contributed by atoms with Crippen molar-refractivity contribution in [2.45, 2.75) is 38.3 Å². The molecule has 1 saturated heterocycles. The summed E-state index contributed by atoms with van der Waals surface area (Å²) >= 11 is 0. The monoisotopic (exact) mass is 186 g/mol. The fourth-order valence-corrected chi connectivity index (χ4v) is 1.59. The van der Waals surface area contributed by atoms with Gasteiger partial charge in [0.05, 0.1) is 12.1 Å². The first-order chi connectivity index (χ1) is 6.11. The number of hydrogen-bond acceptors (Lipinski definition) is 3. The second kappa shape index (κ2) is 4.58. The Morgan fingerprint density at radius 1 is 1.54 bits per heavy atom. The van der Waals surface area contributed by atoms with Crippen LogP contribution in [0.25, 0.3) is 0 Å². The Morgan fingerprint density at radius 3 is 2.85 bits per heavy atom. The van der Waals surface area contributed by atoms with Gasteiger partial charge in [-0.2, -0.15) is 0 Å². The lowest BCUT2D eigenvalue weighted by Crippen LogP contribution is -2.42. The summed E-state index contributed by atoms with van der Waals surface area (Å²) in [6.45, 7) is 3.07. The number of hydrogen-bond donors (Lipinski definition) is 2. The van der Waals surface area contributed by atoms with E-state index in [9.17, 15) is 9.90 Å². The Kier molecular flexibility index (Phi) is 3.69. The standard InChI is InChI=1S/C9H18N2O2/c1-7(10)9(13)11-5-2-3-8(12)4-6-11/h7-8,12H,2-6,10H2,1H3. The van der Waals surface area contributed by atoms with Gasteiger partial charge in [0.15, 0.2) is 0 Å².